The Hall–Kier alpha value is -0.650. The Balaban J connectivity index is 2.44. The lowest BCUT2D eigenvalue weighted by Crippen LogP contribution is -2.37. The molecule has 94 valence electrons. The summed E-state index contributed by atoms with van der Waals surface area (Å²) in [4.78, 5) is 11.7. The van der Waals surface area contributed by atoms with E-state index in [1.165, 1.54) is 0 Å². The van der Waals surface area contributed by atoms with Crippen LogP contribution in [0.15, 0.2) is 0 Å². The van der Waals surface area contributed by atoms with Crippen molar-refractivity contribution in [2.24, 2.45) is 5.92 Å². The highest BCUT2D eigenvalue weighted by Crippen LogP contribution is 2.20. The van der Waals surface area contributed by atoms with Gasteiger partial charge in [-0.3, -0.25) is 4.79 Å². The summed E-state index contributed by atoms with van der Waals surface area (Å²) in [6.45, 7) is 5.72. The van der Waals surface area contributed by atoms with E-state index in [4.69, 9.17) is 9.84 Å². The lowest BCUT2D eigenvalue weighted by atomic mass is 9.99. The number of hydrogen-bond donors (Lipinski definition) is 3. The number of nitrogens with one attached hydrogen (secondary N) is 1. The smallest absolute Gasteiger partial charge is 0.323 e. The van der Waals surface area contributed by atoms with Crippen LogP contribution >= 0.6 is 0 Å². The quantitative estimate of drug-likeness (QED) is 0.579. The highest BCUT2D eigenvalue weighted by molar-refractivity contribution is 5.76. The average Bonchev–Trinajstić information content (AvgIpc) is 2.62. The van der Waals surface area contributed by atoms with Gasteiger partial charge in [-0.25, -0.2) is 0 Å². The summed E-state index contributed by atoms with van der Waals surface area (Å²) in [6, 6.07) is -0.370. The maximum atomic E-state index is 11.7. The second kappa shape index (κ2) is 5.12. The molecule has 5 heteroatoms. The van der Waals surface area contributed by atoms with E-state index in [1.54, 1.807) is 0 Å². The summed E-state index contributed by atoms with van der Waals surface area (Å²) in [7, 11) is 0. The van der Waals surface area contributed by atoms with Crippen LogP contribution in [-0.4, -0.2) is 47.1 Å². The van der Waals surface area contributed by atoms with Crippen LogP contribution in [0.25, 0.3) is 0 Å². The molecule has 1 aliphatic heterocycles. The Morgan fingerprint density at radius 3 is 2.69 bits per heavy atom. The summed E-state index contributed by atoms with van der Waals surface area (Å²) in [5, 5.41) is 21.3. The summed E-state index contributed by atoms with van der Waals surface area (Å²) in [5.41, 5.74) is -0.494. The molecule has 0 bridgehead atoms. The number of ether oxygens (including phenoxy) is 1. The van der Waals surface area contributed by atoms with E-state index < -0.39 is 11.7 Å². The molecule has 1 saturated heterocycles. The summed E-state index contributed by atoms with van der Waals surface area (Å²) in [6.07, 6.45) is -0.253. The number of carbonyl (C=O) groups excluding carboxylic acids is 1. The highest BCUT2D eigenvalue weighted by Gasteiger charge is 2.35. The number of hydrogen-bond acceptors (Lipinski definition) is 5. The standard InChI is InChI=1S/C11H21NO4/c1-11(2,3)16-10(15)8-4-7(5-12-8)9(14)6-13/h7-9,12-14H,4-6H2,1-3H3. The van der Waals surface area contributed by atoms with E-state index >= 15 is 0 Å². The van der Waals surface area contributed by atoms with Gasteiger partial charge in [-0.1, -0.05) is 0 Å². The number of aliphatic hydroxyl groups is 2. The number of rotatable bonds is 3. The van der Waals surface area contributed by atoms with Gasteiger partial charge in [0.05, 0.1) is 12.7 Å². The van der Waals surface area contributed by atoms with E-state index in [-0.39, 0.29) is 24.5 Å². The first kappa shape index (κ1) is 13.4. The average molecular weight is 231 g/mol. The molecule has 1 rings (SSSR count). The van der Waals surface area contributed by atoms with Crippen LogP contribution in [0.1, 0.15) is 27.2 Å². The molecule has 3 atom stereocenters. The van der Waals surface area contributed by atoms with E-state index in [9.17, 15) is 9.90 Å². The third kappa shape index (κ3) is 3.73. The van der Waals surface area contributed by atoms with Crippen molar-refractivity contribution in [1.82, 2.24) is 5.32 Å². The van der Waals surface area contributed by atoms with Crippen molar-refractivity contribution in [3.8, 4) is 0 Å². The number of aliphatic hydroxyl groups excluding tert-OH is 2. The van der Waals surface area contributed by atoms with Crippen molar-refractivity contribution in [1.29, 1.82) is 0 Å². The third-order valence-electron chi connectivity index (χ3n) is 2.59. The molecular weight excluding hydrogens is 210 g/mol. The molecule has 0 aromatic heterocycles. The van der Waals surface area contributed by atoms with Crippen LogP contribution in [-0.2, 0) is 9.53 Å². The second-order valence-electron chi connectivity index (χ2n) is 5.24. The van der Waals surface area contributed by atoms with Gasteiger partial charge in [0.25, 0.3) is 0 Å². The number of esters is 1. The molecule has 3 N–H and O–H groups in total. The topological polar surface area (TPSA) is 78.8 Å². The zero-order valence-corrected chi connectivity index (χ0v) is 10.1. The molecule has 5 nitrogen and oxygen atoms in total. The predicted molar refractivity (Wildman–Crippen MR) is 58.8 cm³/mol. The fourth-order valence-corrected chi connectivity index (χ4v) is 1.76. The van der Waals surface area contributed by atoms with Crippen molar-refractivity contribution < 1.29 is 19.7 Å². The fraction of sp³-hybridized carbons (Fsp3) is 0.909. The SMILES string of the molecule is CC(C)(C)OC(=O)C1CC(C(O)CO)CN1. The Morgan fingerprint density at radius 2 is 2.19 bits per heavy atom. The van der Waals surface area contributed by atoms with Gasteiger partial charge in [-0.15, -0.1) is 0 Å². The summed E-state index contributed by atoms with van der Waals surface area (Å²) < 4.78 is 5.24. The molecule has 0 amide bonds. The van der Waals surface area contributed by atoms with Gasteiger partial charge in [0, 0.05) is 12.5 Å². The van der Waals surface area contributed by atoms with E-state index in [0.717, 1.165) is 0 Å². The first-order chi connectivity index (χ1) is 7.33. The van der Waals surface area contributed by atoms with E-state index in [2.05, 4.69) is 5.32 Å². The second-order valence-corrected chi connectivity index (χ2v) is 5.24. The van der Waals surface area contributed by atoms with Crippen molar-refractivity contribution in [2.45, 2.75) is 44.9 Å². The maximum absolute atomic E-state index is 11.7. The molecule has 1 aliphatic rings. The largest absolute Gasteiger partial charge is 0.459 e. The Morgan fingerprint density at radius 1 is 1.56 bits per heavy atom. The monoisotopic (exact) mass is 231 g/mol. The zero-order valence-electron chi connectivity index (χ0n) is 10.1. The first-order valence-electron chi connectivity index (χ1n) is 5.58. The normalized spacial score (nSPS) is 27.8. The maximum Gasteiger partial charge on any atom is 0.323 e. The Kier molecular flexibility index (Phi) is 4.29. The Labute approximate surface area is 95.8 Å². The minimum absolute atomic E-state index is 0.0810. The van der Waals surface area contributed by atoms with Gasteiger partial charge in [0.1, 0.15) is 11.6 Å². The molecule has 0 aromatic rings. The van der Waals surface area contributed by atoms with Crippen LogP contribution < -0.4 is 5.32 Å². The van der Waals surface area contributed by atoms with Crippen molar-refractivity contribution in [3.63, 3.8) is 0 Å². The van der Waals surface area contributed by atoms with Crippen LogP contribution in [0, 0.1) is 5.92 Å². The van der Waals surface area contributed by atoms with Crippen LogP contribution in [0.2, 0.25) is 0 Å². The first-order valence-corrected chi connectivity index (χ1v) is 5.58. The van der Waals surface area contributed by atoms with Crippen LogP contribution in [0.4, 0.5) is 0 Å². The Bertz CT molecular complexity index is 249. The zero-order chi connectivity index (χ0) is 12.3. The van der Waals surface area contributed by atoms with Gasteiger partial charge in [-0.2, -0.15) is 0 Å². The molecule has 0 spiro atoms. The fourth-order valence-electron chi connectivity index (χ4n) is 1.76. The molecule has 0 saturated carbocycles. The molecule has 3 unspecified atom stereocenters. The third-order valence-corrected chi connectivity index (χ3v) is 2.59. The molecular formula is C11H21NO4. The molecule has 1 heterocycles. The molecule has 0 aliphatic carbocycles. The van der Waals surface area contributed by atoms with Crippen molar-refractivity contribution >= 4 is 5.97 Å². The summed E-state index contributed by atoms with van der Waals surface area (Å²) >= 11 is 0. The minimum Gasteiger partial charge on any atom is -0.459 e. The van der Waals surface area contributed by atoms with Gasteiger partial charge in [0.15, 0.2) is 0 Å². The van der Waals surface area contributed by atoms with Crippen LogP contribution in [0.3, 0.4) is 0 Å². The lowest BCUT2D eigenvalue weighted by molar-refractivity contribution is -0.157. The van der Waals surface area contributed by atoms with Gasteiger partial charge in [0.2, 0.25) is 0 Å². The highest BCUT2D eigenvalue weighted by atomic mass is 16.6. The summed E-state index contributed by atoms with van der Waals surface area (Å²) in [5.74, 6) is -0.373. The minimum atomic E-state index is -0.764. The van der Waals surface area contributed by atoms with Crippen molar-refractivity contribution in [3.05, 3.63) is 0 Å². The molecule has 0 radical (unpaired) electrons. The van der Waals surface area contributed by atoms with Gasteiger partial charge in [-0.05, 0) is 27.2 Å². The van der Waals surface area contributed by atoms with Crippen LogP contribution in [0.5, 0.6) is 0 Å². The van der Waals surface area contributed by atoms with Gasteiger partial charge >= 0.3 is 5.97 Å². The lowest BCUT2D eigenvalue weighted by Gasteiger charge is -2.22. The van der Waals surface area contributed by atoms with Crippen molar-refractivity contribution in [2.75, 3.05) is 13.2 Å². The predicted octanol–water partition coefficient (Wildman–Crippen LogP) is -0.341. The molecule has 0 aromatic carbocycles. The molecule has 16 heavy (non-hydrogen) atoms. The number of carbonyl (C=O) groups is 1. The van der Waals surface area contributed by atoms with Gasteiger partial charge < -0.3 is 20.3 Å². The van der Waals surface area contributed by atoms with E-state index in [0.29, 0.717) is 13.0 Å². The molecule has 1 fully saturated rings. The van der Waals surface area contributed by atoms with E-state index in [1.807, 2.05) is 20.8 Å².